The van der Waals surface area contributed by atoms with Crippen molar-refractivity contribution < 1.29 is 14.2 Å². The van der Waals surface area contributed by atoms with Crippen LogP contribution in [0.4, 0.5) is 5.69 Å². The minimum Gasteiger partial charge on any atom is -0.493 e. The van der Waals surface area contributed by atoms with Gasteiger partial charge in [0.1, 0.15) is 0 Å². The Kier molecular flexibility index (Phi) is 5.84. The molecule has 3 rings (SSSR count). The Morgan fingerprint density at radius 2 is 1.46 bits per heavy atom. The van der Waals surface area contributed by atoms with Gasteiger partial charge in [0.05, 0.1) is 40.6 Å². The Hall–Kier alpha value is -2.89. The predicted molar refractivity (Wildman–Crippen MR) is 104 cm³/mol. The molecule has 0 atom stereocenters. The Bertz CT molecular complexity index is 716. The second-order valence-electron chi connectivity index (χ2n) is 5.98. The number of ether oxygens (including phenoxy) is 3. The molecule has 26 heavy (non-hydrogen) atoms. The van der Waals surface area contributed by atoms with Crippen LogP contribution in [0.15, 0.2) is 47.6 Å². The van der Waals surface area contributed by atoms with E-state index in [1.807, 2.05) is 24.4 Å². The van der Waals surface area contributed by atoms with E-state index in [4.69, 9.17) is 14.2 Å². The molecule has 1 heterocycles. The van der Waals surface area contributed by atoms with Crippen molar-refractivity contribution in [3.8, 4) is 17.2 Å². The van der Waals surface area contributed by atoms with Gasteiger partial charge in [-0.05, 0) is 24.3 Å². The lowest BCUT2D eigenvalue weighted by atomic mass is 10.2. The molecule has 0 N–H and O–H groups in total. The van der Waals surface area contributed by atoms with Crippen molar-refractivity contribution in [3.05, 3.63) is 48.0 Å². The van der Waals surface area contributed by atoms with Crippen LogP contribution in [0.1, 0.15) is 5.56 Å². The van der Waals surface area contributed by atoms with Crippen LogP contribution < -0.4 is 19.1 Å². The maximum atomic E-state index is 5.39. The second kappa shape index (κ2) is 8.47. The largest absolute Gasteiger partial charge is 0.493 e. The van der Waals surface area contributed by atoms with Crippen molar-refractivity contribution in [2.45, 2.75) is 0 Å². The zero-order valence-corrected chi connectivity index (χ0v) is 15.5. The normalized spacial score (nSPS) is 14.6. The van der Waals surface area contributed by atoms with E-state index in [1.54, 1.807) is 21.3 Å². The monoisotopic (exact) mass is 355 g/mol. The van der Waals surface area contributed by atoms with Crippen molar-refractivity contribution in [2.24, 2.45) is 5.10 Å². The van der Waals surface area contributed by atoms with Gasteiger partial charge >= 0.3 is 0 Å². The van der Waals surface area contributed by atoms with Crippen molar-refractivity contribution >= 4 is 11.9 Å². The first-order chi connectivity index (χ1) is 12.7. The number of para-hydroxylation sites is 1. The van der Waals surface area contributed by atoms with Crippen LogP contribution in [0.2, 0.25) is 0 Å². The van der Waals surface area contributed by atoms with E-state index in [1.165, 1.54) is 5.69 Å². The molecular formula is C20H25N3O3. The third kappa shape index (κ3) is 4.02. The van der Waals surface area contributed by atoms with E-state index in [0.717, 1.165) is 31.7 Å². The Labute approximate surface area is 154 Å². The van der Waals surface area contributed by atoms with Gasteiger partial charge in [-0.1, -0.05) is 18.2 Å². The number of piperazine rings is 1. The van der Waals surface area contributed by atoms with Gasteiger partial charge in [0, 0.05) is 24.3 Å². The molecule has 138 valence electrons. The number of hydrogen-bond acceptors (Lipinski definition) is 6. The summed E-state index contributed by atoms with van der Waals surface area (Å²) in [5.74, 6) is 1.84. The molecule has 0 aliphatic carbocycles. The molecule has 0 saturated carbocycles. The molecule has 0 bridgehead atoms. The number of methoxy groups -OCH3 is 3. The third-order valence-electron chi connectivity index (χ3n) is 4.43. The molecule has 6 heteroatoms. The standard InChI is InChI=1S/C20H25N3O3/c1-24-18-13-16(14-19(25-2)20(18)26-3)15-21-23-11-9-22(10-12-23)17-7-5-4-6-8-17/h4-8,13-15H,9-12H2,1-3H3. The summed E-state index contributed by atoms with van der Waals surface area (Å²) in [4.78, 5) is 2.38. The van der Waals surface area contributed by atoms with Crippen molar-refractivity contribution in [3.63, 3.8) is 0 Å². The number of hydrazone groups is 1. The van der Waals surface area contributed by atoms with Crippen LogP contribution in [0.5, 0.6) is 17.2 Å². The number of hydrogen-bond donors (Lipinski definition) is 0. The van der Waals surface area contributed by atoms with Crippen LogP contribution in [0.3, 0.4) is 0 Å². The fourth-order valence-corrected chi connectivity index (χ4v) is 3.03. The van der Waals surface area contributed by atoms with Gasteiger partial charge in [-0.15, -0.1) is 0 Å². The summed E-state index contributed by atoms with van der Waals surface area (Å²) in [6, 6.07) is 14.3. The van der Waals surface area contributed by atoms with E-state index >= 15 is 0 Å². The summed E-state index contributed by atoms with van der Waals surface area (Å²) < 4.78 is 16.1. The molecule has 1 aliphatic rings. The molecule has 0 spiro atoms. The molecule has 6 nitrogen and oxygen atoms in total. The van der Waals surface area contributed by atoms with Crippen LogP contribution in [0.25, 0.3) is 0 Å². The first-order valence-electron chi connectivity index (χ1n) is 8.64. The fraction of sp³-hybridized carbons (Fsp3) is 0.350. The average molecular weight is 355 g/mol. The number of benzene rings is 2. The summed E-state index contributed by atoms with van der Waals surface area (Å²) in [5, 5.41) is 6.70. The van der Waals surface area contributed by atoms with Crippen molar-refractivity contribution in [2.75, 3.05) is 52.4 Å². The molecular weight excluding hydrogens is 330 g/mol. The lowest BCUT2D eigenvalue weighted by Crippen LogP contribution is -2.44. The van der Waals surface area contributed by atoms with E-state index in [0.29, 0.717) is 17.2 Å². The zero-order chi connectivity index (χ0) is 18.4. The summed E-state index contributed by atoms with van der Waals surface area (Å²) in [5.41, 5.74) is 2.17. The SMILES string of the molecule is COc1cc(C=NN2CCN(c3ccccc3)CC2)cc(OC)c1OC. The van der Waals surface area contributed by atoms with E-state index in [2.05, 4.69) is 39.3 Å². The van der Waals surface area contributed by atoms with E-state index in [9.17, 15) is 0 Å². The lowest BCUT2D eigenvalue weighted by Gasteiger charge is -2.34. The number of anilines is 1. The molecule has 1 fully saturated rings. The highest BCUT2D eigenvalue weighted by molar-refractivity contribution is 5.82. The van der Waals surface area contributed by atoms with Gasteiger partial charge in [0.2, 0.25) is 5.75 Å². The predicted octanol–water partition coefficient (Wildman–Crippen LogP) is 2.87. The molecule has 0 aromatic heterocycles. The van der Waals surface area contributed by atoms with Gasteiger partial charge in [-0.25, -0.2) is 0 Å². The molecule has 0 radical (unpaired) electrons. The maximum absolute atomic E-state index is 5.39. The van der Waals surface area contributed by atoms with Gasteiger partial charge in [0.15, 0.2) is 11.5 Å². The molecule has 1 aliphatic heterocycles. The number of rotatable bonds is 6. The highest BCUT2D eigenvalue weighted by Gasteiger charge is 2.16. The second-order valence-corrected chi connectivity index (χ2v) is 5.98. The van der Waals surface area contributed by atoms with Gasteiger partial charge in [0.25, 0.3) is 0 Å². The van der Waals surface area contributed by atoms with Gasteiger partial charge in [-0.3, -0.25) is 5.01 Å². The first-order valence-corrected chi connectivity index (χ1v) is 8.64. The molecule has 0 amide bonds. The quantitative estimate of drug-likeness (QED) is 0.746. The van der Waals surface area contributed by atoms with Crippen LogP contribution in [-0.2, 0) is 0 Å². The maximum Gasteiger partial charge on any atom is 0.203 e. The van der Waals surface area contributed by atoms with Crippen molar-refractivity contribution in [1.82, 2.24) is 5.01 Å². The average Bonchev–Trinajstić information content (AvgIpc) is 2.72. The lowest BCUT2D eigenvalue weighted by molar-refractivity contribution is 0.272. The minimum absolute atomic E-state index is 0.587. The minimum atomic E-state index is 0.587. The molecule has 2 aromatic carbocycles. The summed E-state index contributed by atoms with van der Waals surface area (Å²) in [6.45, 7) is 3.68. The summed E-state index contributed by atoms with van der Waals surface area (Å²) >= 11 is 0. The smallest absolute Gasteiger partial charge is 0.203 e. The molecule has 2 aromatic rings. The van der Waals surface area contributed by atoms with E-state index in [-0.39, 0.29) is 0 Å². The zero-order valence-electron chi connectivity index (χ0n) is 15.5. The van der Waals surface area contributed by atoms with Gasteiger partial charge < -0.3 is 19.1 Å². The summed E-state index contributed by atoms with van der Waals surface area (Å²) in [7, 11) is 4.82. The van der Waals surface area contributed by atoms with Crippen LogP contribution in [0, 0.1) is 0 Å². The summed E-state index contributed by atoms with van der Waals surface area (Å²) in [6.07, 6.45) is 1.84. The molecule has 1 saturated heterocycles. The number of nitrogens with zero attached hydrogens (tertiary/aromatic N) is 3. The highest BCUT2D eigenvalue weighted by atomic mass is 16.5. The fourth-order valence-electron chi connectivity index (χ4n) is 3.03. The molecule has 0 unspecified atom stereocenters. The highest BCUT2D eigenvalue weighted by Crippen LogP contribution is 2.37. The Morgan fingerprint density at radius 3 is 2.00 bits per heavy atom. The first kappa shape index (κ1) is 17.9. The Morgan fingerprint density at radius 1 is 0.846 bits per heavy atom. The van der Waals surface area contributed by atoms with E-state index < -0.39 is 0 Å². The van der Waals surface area contributed by atoms with Crippen LogP contribution in [-0.4, -0.2) is 58.7 Å². The van der Waals surface area contributed by atoms with Crippen LogP contribution >= 0.6 is 0 Å². The van der Waals surface area contributed by atoms with Crippen molar-refractivity contribution in [1.29, 1.82) is 0 Å². The van der Waals surface area contributed by atoms with Gasteiger partial charge in [-0.2, -0.15) is 5.10 Å². The Balaban J connectivity index is 1.66. The topological polar surface area (TPSA) is 46.5 Å². The third-order valence-corrected chi connectivity index (χ3v) is 4.43.